The van der Waals surface area contributed by atoms with Crippen LogP contribution in [0.15, 0.2) is 30.6 Å². The minimum absolute atomic E-state index is 0.0570. The molecule has 1 aliphatic heterocycles. The van der Waals surface area contributed by atoms with Crippen LogP contribution in [0.2, 0.25) is 0 Å². The Morgan fingerprint density at radius 1 is 1.50 bits per heavy atom. The Bertz CT molecular complexity index is 648. The van der Waals surface area contributed by atoms with E-state index in [0.29, 0.717) is 12.1 Å². The SMILES string of the molecule is Cc1ccc(NC(=O)C2CCn3ccnc3C2)c(O)c1. The summed E-state index contributed by atoms with van der Waals surface area (Å²) in [5.41, 5.74) is 1.43. The van der Waals surface area contributed by atoms with Crippen molar-refractivity contribution in [2.24, 2.45) is 5.92 Å². The fraction of sp³-hybridized carbons (Fsp3) is 0.333. The average molecular weight is 271 g/mol. The molecular formula is C15H17N3O2. The summed E-state index contributed by atoms with van der Waals surface area (Å²) < 4.78 is 2.08. The van der Waals surface area contributed by atoms with Gasteiger partial charge in [0, 0.05) is 31.3 Å². The zero-order valence-corrected chi connectivity index (χ0v) is 11.3. The first-order valence-corrected chi connectivity index (χ1v) is 6.74. The number of nitrogens with zero attached hydrogens (tertiary/aromatic N) is 2. The van der Waals surface area contributed by atoms with E-state index < -0.39 is 0 Å². The molecule has 0 spiro atoms. The minimum Gasteiger partial charge on any atom is -0.506 e. The van der Waals surface area contributed by atoms with Crippen LogP contribution in [0, 0.1) is 12.8 Å². The van der Waals surface area contributed by atoms with Crippen molar-refractivity contribution < 1.29 is 9.90 Å². The van der Waals surface area contributed by atoms with Crippen LogP contribution in [0.3, 0.4) is 0 Å². The van der Waals surface area contributed by atoms with Crippen LogP contribution in [0.25, 0.3) is 0 Å². The van der Waals surface area contributed by atoms with E-state index in [1.54, 1.807) is 18.3 Å². The molecule has 2 N–H and O–H groups in total. The summed E-state index contributed by atoms with van der Waals surface area (Å²) in [5.74, 6) is 0.907. The zero-order chi connectivity index (χ0) is 14.1. The molecule has 1 unspecified atom stereocenters. The normalized spacial score (nSPS) is 17.6. The first kappa shape index (κ1) is 12.7. The van der Waals surface area contributed by atoms with Gasteiger partial charge in [0.05, 0.1) is 5.69 Å². The molecule has 0 aliphatic carbocycles. The van der Waals surface area contributed by atoms with Gasteiger partial charge in [-0.2, -0.15) is 0 Å². The van der Waals surface area contributed by atoms with E-state index >= 15 is 0 Å². The van der Waals surface area contributed by atoms with Crippen molar-refractivity contribution in [1.29, 1.82) is 0 Å². The highest BCUT2D eigenvalue weighted by atomic mass is 16.3. The van der Waals surface area contributed by atoms with Crippen molar-refractivity contribution in [1.82, 2.24) is 9.55 Å². The number of aryl methyl sites for hydroxylation is 2. The number of fused-ring (bicyclic) bond motifs is 1. The quantitative estimate of drug-likeness (QED) is 0.822. The molecule has 1 aromatic heterocycles. The van der Waals surface area contributed by atoms with E-state index in [1.807, 2.05) is 19.2 Å². The molecule has 0 saturated carbocycles. The van der Waals surface area contributed by atoms with Gasteiger partial charge in [0.15, 0.2) is 0 Å². The summed E-state index contributed by atoms with van der Waals surface area (Å²) in [6.07, 6.45) is 5.14. The van der Waals surface area contributed by atoms with Crippen molar-refractivity contribution >= 4 is 11.6 Å². The highest BCUT2D eigenvalue weighted by Crippen LogP contribution is 2.26. The van der Waals surface area contributed by atoms with Crippen molar-refractivity contribution in [3.63, 3.8) is 0 Å². The Kier molecular flexibility index (Phi) is 3.18. The first-order valence-electron chi connectivity index (χ1n) is 6.74. The third-order valence-corrected chi connectivity index (χ3v) is 3.73. The van der Waals surface area contributed by atoms with E-state index in [4.69, 9.17) is 0 Å². The van der Waals surface area contributed by atoms with Crippen LogP contribution in [0.5, 0.6) is 5.75 Å². The number of phenols is 1. The van der Waals surface area contributed by atoms with Crippen LogP contribution in [0.4, 0.5) is 5.69 Å². The molecule has 2 heterocycles. The molecule has 104 valence electrons. The average Bonchev–Trinajstić information content (AvgIpc) is 2.89. The fourth-order valence-corrected chi connectivity index (χ4v) is 2.56. The smallest absolute Gasteiger partial charge is 0.228 e. The lowest BCUT2D eigenvalue weighted by Gasteiger charge is -2.22. The Hall–Kier alpha value is -2.30. The highest BCUT2D eigenvalue weighted by Gasteiger charge is 2.25. The molecule has 0 radical (unpaired) electrons. The van der Waals surface area contributed by atoms with Gasteiger partial charge in [0.1, 0.15) is 11.6 Å². The zero-order valence-electron chi connectivity index (χ0n) is 11.3. The molecule has 1 atom stereocenters. The Morgan fingerprint density at radius 2 is 2.35 bits per heavy atom. The predicted octanol–water partition coefficient (Wildman–Crippen LogP) is 2.10. The van der Waals surface area contributed by atoms with Crippen LogP contribution in [0.1, 0.15) is 17.8 Å². The van der Waals surface area contributed by atoms with Crippen LogP contribution in [-0.2, 0) is 17.8 Å². The number of carbonyl (C=O) groups is 1. The fourth-order valence-electron chi connectivity index (χ4n) is 2.56. The van der Waals surface area contributed by atoms with Crippen molar-refractivity contribution in [2.45, 2.75) is 26.3 Å². The second-order valence-corrected chi connectivity index (χ2v) is 5.24. The Labute approximate surface area is 117 Å². The van der Waals surface area contributed by atoms with Crippen molar-refractivity contribution in [2.75, 3.05) is 5.32 Å². The number of aromatic nitrogens is 2. The number of imidazole rings is 1. The number of phenolic OH excluding ortho intramolecular Hbond substituents is 1. The van der Waals surface area contributed by atoms with Gasteiger partial charge in [-0.05, 0) is 31.0 Å². The summed E-state index contributed by atoms with van der Waals surface area (Å²) >= 11 is 0. The molecule has 5 heteroatoms. The Balaban J connectivity index is 1.71. The highest BCUT2D eigenvalue weighted by molar-refractivity contribution is 5.94. The lowest BCUT2D eigenvalue weighted by Crippen LogP contribution is -2.30. The maximum Gasteiger partial charge on any atom is 0.228 e. The lowest BCUT2D eigenvalue weighted by molar-refractivity contribution is -0.120. The number of benzene rings is 1. The maximum atomic E-state index is 12.3. The van der Waals surface area contributed by atoms with Gasteiger partial charge in [-0.25, -0.2) is 4.98 Å². The lowest BCUT2D eigenvalue weighted by atomic mass is 9.96. The van der Waals surface area contributed by atoms with Crippen LogP contribution < -0.4 is 5.32 Å². The summed E-state index contributed by atoms with van der Waals surface area (Å²) in [7, 11) is 0. The summed E-state index contributed by atoms with van der Waals surface area (Å²) in [6.45, 7) is 2.71. The second kappa shape index (κ2) is 5.00. The molecule has 1 amide bonds. The van der Waals surface area contributed by atoms with Gasteiger partial charge in [0.25, 0.3) is 0 Å². The second-order valence-electron chi connectivity index (χ2n) is 5.24. The van der Waals surface area contributed by atoms with Crippen molar-refractivity contribution in [3.8, 4) is 5.75 Å². The summed E-state index contributed by atoms with van der Waals surface area (Å²) in [5, 5.41) is 12.6. The number of carbonyl (C=O) groups excluding carboxylic acids is 1. The topological polar surface area (TPSA) is 67.2 Å². The molecule has 0 saturated heterocycles. The number of rotatable bonds is 2. The maximum absolute atomic E-state index is 12.3. The largest absolute Gasteiger partial charge is 0.506 e. The van der Waals surface area contributed by atoms with Crippen molar-refractivity contribution in [3.05, 3.63) is 42.0 Å². The molecular weight excluding hydrogens is 254 g/mol. The van der Waals surface area contributed by atoms with E-state index in [9.17, 15) is 9.90 Å². The molecule has 1 aliphatic rings. The number of hydrogen-bond acceptors (Lipinski definition) is 3. The van der Waals surface area contributed by atoms with Crippen LogP contribution in [-0.4, -0.2) is 20.6 Å². The van der Waals surface area contributed by atoms with E-state index in [0.717, 1.165) is 24.4 Å². The summed E-state index contributed by atoms with van der Waals surface area (Å²) in [4.78, 5) is 16.5. The first-order chi connectivity index (χ1) is 9.63. The molecule has 0 fully saturated rings. The molecule has 2 aromatic rings. The van der Waals surface area contributed by atoms with Gasteiger partial charge in [0.2, 0.25) is 5.91 Å². The number of hydrogen-bond donors (Lipinski definition) is 2. The Morgan fingerprint density at radius 3 is 3.15 bits per heavy atom. The summed E-state index contributed by atoms with van der Waals surface area (Å²) in [6, 6.07) is 5.23. The van der Waals surface area contributed by atoms with Gasteiger partial charge in [-0.1, -0.05) is 6.07 Å². The predicted molar refractivity (Wildman–Crippen MR) is 75.5 cm³/mol. The van der Waals surface area contributed by atoms with E-state index in [2.05, 4.69) is 14.9 Å². The monoisotopic (exact) mass is 271 g/mol. The number of amides is 1. The van der Waals surface area contributed by atoms with Gasteiger partial charge in [-0.3, -0.25) is 4.79 Å². The minimum atomic E-state index is -0.0920. The molecule has 5 nitrogen and oxygen atoms in total. The van der Waals surface area contributed by atoms with Gasteiger partial charge >= 0.3 is 0 Å². The molecule has 1 aromatic carbocycles. The van der Waals surface area contributed by atoms with Crippen LogP contribution >= 0.6 is 0 Å². The molecule has 3 rings (SSSR count). The third kappa shape index (κ3) is 2.39. The van der Waals surface area contributed by atoms with Gasteiger partial charge < -0.3 is 15.0 Å². The third-order valence-electron chi connectivity index (χ3n) is 3.73. The number of anilines is 1. The van der Waals surface area contributed by atoms with Gasteiger partial charge in [-0.15, -0.1) is 0 Å². The number of nitrogens with one attached hydrogen (secondary N) is 1. The molecule has 0 bridgehead atoms. The number of aromatic hydroxyl groups is 1. The van der Waals surface area contributed by atoms with E-state index in [1.165, 1.54) is 0 Å². The standard InChI is InChI=1S/C15H17N3O2/c1-10-2-3-12(13(19)8-10)17-15(20)11-4-6-18-7-5-16-14(18)9-11/h2-3,5,7-8,11,19H,4,6,9H2,1H3,(H,17,20). The van der Waals surface area contributed by atoms with E-state index in [-0.39, 0.29) is 17.6 Å². The molecule has 20 heavy (non-hydrogen) atoms.